The van der Waals surface area contributed by atoms with Crippen molar-refractivity contribution in [3.8, 4) is 0 Å². The molecule has 1 aliphatic carbocycles. The molecule has 5 heteroatoms. The number of carboxylic acid groups (broad SMARTS) is 1. The molecule has 0 aromatic carbocycles. The first-order chi connectivity index (χ1) is 9.11. The van der Waals surface area contributed by atoms with Crippen LogP contribution in [-0.2, 0) is 9.59 Å². The first kappa shape index (κ1) is 14.3. The minimum absolute atomic E-state index is 0.143. The Bertz CT molecular complexity index is 332. The molecule has 2 N–H and O–H groups in total. The van der Waals surface area contributed by atoms with Crippen molar-refractivity contribution in [2.45, 2.75) is 44.9 Å². The molecule has 1 saturated heterocycles. The van der Waals surface area contributed by atoms with E-state index in [1.807, 2.05) is 4.90 Å². The molecule has 1 heterocycles. The van der Waals surface area contributed by atoms with Crippen LogP contribution < -0.4 is 5.32 Å². The monoisotopic (exact) mass is 268 g/mol. The Morgan fingerprint density at radius 2 is 1.68 bits per heavy atom. The largest absolute Gasteiger partial charge is 0.481 e. The predicted molar refractivity (Wildman–Crippen MR) is 71.8 cm³/mol. The smallest absolute Gasteiger partial charge is 0.303 e. The topological polar surface area (TPSA) is 69.6 Å². The molecule has 0 spiro atoms. The van der Waals surface area contributed by atoms with Crippen LogP contribution in [-0.4, -0.2) is 48.1 Å². The van der Waals surface area contributed by atoms with Gasteiger partial charge in [0.2, 0.25) is 5.91 Å². The highest BCUT2D eigenvalue weighted by atomic mass is 16.4. The average Bonchev–Trinajstić information content (AvgIpc) is 2.39. The van der Waals surface area contributed by atoms with Crippen LogP contribution in [0.4, 0.5) is 0 Å². The maximum atomic E-state index is 12.4. The van der Waals surface area contributed by atoms with E-state index in [-0.39, 0.29) is 17.7 Å². The predicted octanol–water partition coefficient (Wildman–Crippen LogP) is 1.23. The molecule has 2 aliphatic rings. The summed E-state index contributed by atoms with van der Waals surface area (Å²) in [7, 11) is 0. The highest BCUT2D eigenvalue weighted by Crippen LogP contribution is 2.42. The summed E-state index contributed by atoms with van der Waals surface area (Å²) in [6, 6.07) is 0. The van der Waals surface area contributed by atoms with E-state index >= 15 is 0 Å². The Morgan fingerprint density at radius 1 is 1.05 bits per heavy atom. The van der Waals surface area contributed by atoms with Crippen molar-refractivity contribution in [2.24, 2.45) is 5.41 Å². The van der Waals surface area contributed by atoms with Crippen molar-refractivity contribution < 1.29 is 14.7 Å². The summed E-state index contributed by atoms with van der Waals surface area (Å²) in [5, 5.41) is 12.3. The van der Waals surface area contributed by atoms with E-state index in [0.29, 0.717) is 6.42 Å². The van der Waals surface area contributed by atoms with E-state index in [1.165, 1.54) is 6.42 Å². The van der Waals surface area contributed by atoms with Gasteiger partial charge in [-0.1, -0.05) is 19.3 Å². The summed E-state index contributed by atoms with van der Waals surface area (Å²) < 4.78 is 0. The number of piperazine rings is 1. The van der Waals surface area contributed by atoms with Crippen LogP contribution >= 0.6 is 0 Å². The Balaban J connectivity index is 1.98. The Morgan fingerprint density at radius 3 is 2.26 bits per heavy atom. The molecule has 2 fully saturated rings. The number of hydrogen-bond acceptors (Lipinski definition) is 3. The normalized spacial score (nSPS) is 23.1. The molecule has 0 radical (unpaired) electrons. The van der Waals surface area contributed by atoms with Crippen molar-refractivity contribution >= 4 is 11.9 Å². The Labute approximate surface area is 114 Å². The molecule has 19 heavy (non-hydrogen) atoms. The van der Waals surface area contributed by atoms with E-state index in [2.05, 4.69) is 5.32 Å². The van der Waals surface area contributed by atoms with Crippen molar-refractivity contribution in [1.82, 2.24) is 10.2 Å². The second-order valence-corrected chi connectivity index (χ2v) is 5.94. The van der Waals surface area contributed by atoms with E-state index < -0.39 is 5.97 Å². The van der Waals surface area contributed by atoms with Crippen molar-refractivity contribution in [2.75, 3.05) is 26.2 Å². The lowest BCUT2D eigenvalue weighted by Gasteiger charge is -2.38. The van der Waals surface area contributed by atoms with Gasteiger partial charge in [0.1, 0.15) is 0 Å². The van der Waals surface area contributed by atoms with E-state index in [4.69, 9.17) is 5.11 Å². The van der Waals surface area contributed by atoms with Crippen molar-refractivity contribution in [3.63, 3.8) is 0 Å². The van der Waals surface area contributed by atoms with Crippen LogP contribution in [0.5, 0.6) is 0 Å². The number of hydrogen-bond donors (Lipinski definition) is 2. The van der Waals surface area contributed by atoms with Crippen molar-refractivity contribution in [3.05, 3.63) is 0 Å². The maximum Gasteiger partial charge on any atom is 0.303 e. The number of carbonyl (C=O) groups is 2. The third-order valence-electron chi connectivity index (χ3n) is 4.44. The lowest BCUT2D eigenvalue weighted by Crippen LogP contribution is -2.48. The Kier molecular flexibility index (Phi) is 4.80. The van der Waals surface area contributed by atoms with Gasteiger partial charge in [0.25, 0.3) is 0 Å². The van der Waals surface area contributed by atoms with Crippen LogP contribution in [0.15, 0.2) is 0 Å². The summed E-state index contributed by atoms with van der Waals surface area (Å²) in [6.45, 7) is 3.19. The molecule has 108 valence electrons. The van der Waals surface area contributed by atoms with Gasteiger partial charge < -0.3 is 15.3 Å². The van der Waals surface area contributed by atoms with Gasteiger partial charge >= 0.3 is 5.97 Å². The first-order valence-corrected chi connectivity index (χ1v) is 7.32. The van der Waals surface area contributed by atoms with Gasteiger partial charge in [-0.25, -0.2) is 0 Å². The molecular formula is C14H24N2O3. The second kappa shape index (κ2) is 6.37. The Hall–Kier alpha value is -1.10. The standard InChI is InChI=1S/C14H24N2O3/c17-12(16-8-6-15-7-9-16)10-14(11-13(18)19)4-2-1-3-5-14/h15H,1-11H2,(H,18,19). The summed E-state index contributed by atoms with van der Waals surface area (Å²) in [5.74, 6) is -0.625. The van der Waals surface area contributed by atoms with Crippen molar-refractivity contribution in [1.29, 1.82) is 0 Å². The van der Waals surface area contributed by atoms with Crippen LogP contribution in [0.1, 0.15) is 44.9 Å². The van der Waals surface area contributed by atoms with Crippen LogP contribution in [0, 0.1) is 5.41 Å². The molecule has 1 amide bonds. The SMILES string of the molecule is O=C(O)CC1(CC(=O)N2CCNCC2)CCCCC1. The number of nitrogens with zero attached hydrogens (tertiary/aromatic N) is 1. The first-order valence-electron chi connectivity index (χ1n) is 7.32. The molecule has 0 atom stereocenters. The van der Waals surface area contributed by atoms with Crippen LogP contribution in [0.2, 0.25) is 0 Å². The number of carbonyl (C=O) groups excluding carboxylic acids is 1. The number of carboxylic acids is 1. The van der Waals surface area contributed by atoms with E-state index in [0.717, 1.165) is 51.9 Å². The molecule has 1 saturated carbocycles. The minimum atomic E-state index is -0.769. The molecular weight excluding hydrogens is 244 g/mol. The van der Waals surface area contributed by atoms with Gasteiger partial charge in [-0.15, -0.1) is 0 Å². The van der Waals surface area contributed by atoms with E-state index in [1.54, 1.807) is 0 Å². The zero-order valence-corrected chi connectivity index (χ0v) is 11.5. The van der Waals surface area contributed by atoms with E-state index in [9.17, 15) is 9.59 Å². The fourth-order valence-corrected chi connectivity index (χ4v) is 3.39. The molecule has 2 rings (SSSR count). The molecule has 0 unspecified atom stereocenters. The fraction of sp³-hybridized carbons (Fsp3) is 0.857. The highest BCUT2D eigenvalue weighted by Gasteiger charge is 2.37. The fourth-order valence-electron chi connectivity index (χ4n) is 3.39. The van der Waals surface area contributed by atoms with Gasteiger partial charge in [0, 0.05) is 32.6 Å². The lowest BCUT2D eigenvalue weighted by atomic mass is 9.69. The quantitative estimate of drug-likeness (QED) is 0.804. The van der Waals surface area contributed by atoms with Gasteiger partial charge in [0.05, 0.1) is 6.42 Å². The number of aliphatic carboxylic acids is 1. The van der Waals surface area contributed by atoms with Gasteiger partial charge in [-0.05, 0) is 18.3 Å². The second-order valence-electron chi connectivity index (χ2n) is 5.94. The summed E-state index contributed by atoms with van der Waals surface area (Å²) in [6.07, 6.45) is 5.62. The molecule has 0 aromatic heterocycles. The number of rotatable bonds is 4. The summed E-state index contributed by atoms with van der Waals surface area (Å²) >= 11 is 0. The molecule has 0 aromatic rings. The molecule has 0 bridgehead atoms. The van der Waals surface area contributed by atoms with Crippen LogP contribution in [0.25, 0.3) is 0 Å². The number of nitrogens with one attached hydrogen (secondary N) is 1. The van der Waals surface area contributed by atoms with Gasteiger partial charge in [-0.3, -0.25) is 9.59 Å². The van der Waals surface area contributed by atoms with Crippen LogP contribution in [0.3, 0.4) is 0 Å². The van der Waals surface area contributed by atoms with Gasteiger partial charge in [-0.2, -0.15) is 0 Å². The zero-order valence-electron chi connectivity index (χ0n) is 11.5. The highest BCUT2D eigenvalue weighted by molar-refractivity contribution is 5.78. The molecule has 5 nitrogen and oxygen atoms in total. The number of amides is 1. The van der Waals surface area contributed by atoms with Gasteiger partial charge in [0.15, 0.2) is 0 Å². The minimum Gasteiger partial charge on any atom is -0.481 e. The average molecular weight is 268 g/mol. The summed E-state index contributed by atoms with van der Waals surface area (Å²) in [4.78, 5) is 25.3. The molecule has 1 aliphatic heterocycles. The third-order valence-corrected chi connectivity index (χ3v) is 4.44. The zero-order chi connectivity index (χ0) is 13.7. The maximum absolute atomic E-state index is 12.4. The third kappa shape index (κ3) is 3.93. The lowest BCUT2D eigenvalue weighted by molar-refractivity contribution is -0.142. The summed E-state index contributed by atoms with van der Waals surface area (Å²) in [5.41, 5.74) is -0.286.